The summed E-state index contributed by atoms with van der Waals surface area (Å²) in [6.45, 7) is 8.81. The summed E-state index contributed by atoms with van der Waals surface area (Å²) < 4.78 is 25.5. The molecule has 2 heterocycles. The van der Waals surface area contributed by atoms with E-state index in [4.69, 9.17) is 9.47 Å². The van der Waals surface area contributed by atoms with Gasteiger partial charge in [-0.3, -0.25) is 9.78 Å². The molecular formula is C28H36FN3O4. The van der Waals surface area contributed by atoms with E-state index in [1.165, 1.54) is 12.1 Å². The van der Waals surface area contributed by atoms with Gasteiger partial charge in [0.25, 0.3) is 0 Å². The second kappa shape index (κ2) is 9.52. The number of nitrogens with zero attached hydrogens (tertiary/aromatic N) is 2. The van der Waals surface area contributed by atoms with Crippen LogP contribution in [0.2, 0.25) is 0 Å². The lowest BCUT2D eigenvalue weighted by molar-refractivity contribution is -0.126. The Hall–Kier alpha value is -2.90. The van der Waals surface area contributed by atoms with Crippen LogP contribution in [0.3, 0.4) is 0 Å². The van der Waals surface area contributed by atoms with Gasteiger partial charge in [0, 0.05) is 36.6 Å². The Kier molecular flexibility index (Phi) is 6.55. The van der Waals surface area contributed by atoms with Crippen molar-refractivity contribution in [1.82, 2.24) is 15.2 Å². The molecule has 3 aliphatic rings. The number of fused-ring (bicyclic) bond motifs is 2. The molecule has 2 aliphatic carbocycles. The number of carbonyl (C=O) groups excluding carboxylic acids is 2. The lowest BCUT2D eigenvalue weighted by atomic mass is 9.96. The largest absolute Gasteiger partial charge is 0.490 e. The molecule has 5 rings (SSSR count). The first-order chi connectivity index (χ1) is 17.1. The van der Waals surface area contributed by atoms with E-state index in [-0.39, 0.29) is 35.9 Å². The standard InChI is InChI=1S/C28H36FN3O4/c1-16(26(33)31-18-8-11-32(12-9-18)27(34)36-28(2,3)4)25-20-14-19(15-21(20)25)35-24-7-10-30-23-6-5-17(29)13-22(23)24/h5-7,10,13,16,18-21,25H,8-9,11-12,14-15H2,1-4H3,(H,31,33)/t16?,19?,20-,21+,25?. The van der Waals surface area contributed by atoms with Crippen LogP contribution >= 0.6 is 0 Å². The monoisotopic (exact) mass is 497 g/mol. The normalized spacial score (nSPS) is 26.9. The van der Waals surface area contributed by atoms with Crippen LogP contribution < -0.4 is 10.1 Å². The zero-order valence-electron chi connectivity index (χ0n) is 21.5. The molecule has 1 aromatic carbocycles. The van der Waals surface area contributed by atoms with E-state index < -0.39 is 5.60 Å². The summed E-state index contributed by atoms with van der Waals surface area (Å²) in [7, 11) is 0. The Labute approximate surface area is 211 Å². The number of halogens is 1. The highest BCUT2D eigenvalue weighted by Crippen LogP contribution is 2.61. The third-order valence-corrected chi connectivity index (χ3v) is 7.91. The molecule has 2 saturated carbocycles. The average Bonchev–Trinajstić information content (AvgIpc) is 3.32. The van der Waals surface area contributed by atoms with Crippen molar-refractivity contribution in [2.45, 2.75) is 71.1 Å². The Balaban J connectivity index is 1.08. The first-order valence-electron chi connectivity index (χ1n) is 13.1. The maximum absolute atomic E-state index is 13.8. The van der Waals surface area contributed by atoms with Crippen LogP contribution in [0.4, 0.5) is 9.18 Å². The predicted molar refractivity (Wildman–Crippen MR) is 134 cm³/mol. The average molecular weight is 498 g/mol. The van der Waals surface area contributed by atoms with Gasteiger partial charge in [-0.15, -0.1) is 0 Å². The van der Waals surface area contributed by atoms with Gasteiger partial charge in [0.15, 0.2) is 0 Å². The van der Waals surface area contributed by atoms with Gasteiger partial charge in [-0.05, 0) is 88.5 Å². The number of aromatic nitrogens is 1. The number of likely N-dealkylation sites (tertiary alicyclic amines) is 1. The van der Waals surface area contributed by atoms with Crippen molar-refractivity contribution in [1.29, 1.82) is 0 Å². The molecule has 8 heteroatoms. The van der Waals surface area contributed by atoms with E-state index in [2.05, 4.69) is 10.3 Å². The van der Waals surface area contributed by atoms with Gasteiger partial charge < -0.3 is 19.7 Å². The summed E-state index contributed by atoms with van der Waals surface area (Å²) in [6, 6.07) is 6.44. The zero-order chi connectivity index (χ0) is 25.6. The molecule has 7 nitrogen and oxygen atoms in total. The third-order valence-electron chi connectivity index (χ3n) is 7.91. The quantitative estimate of drug-likeness (QED) is 0.634. The van der Waals surface area contributed by atoms with Crippen molar-refractivity contribution in [3.8, 4) is 5.75 Å². The number of rotatable bonds is 5. The first-order valence-corrected chi connectivity index (χ1v) is 13.1. The molecule has 1 aromatic heterocycles. The fourth-order valence-corrected chi connectivity index (χ4v) is 6.10. The minimum Gasteiger partial charge on any atom is -0.490 e. The van der Waals surface area contributed by atoms with Crippen LogP contribution in [0, 0.1) is 29.5 Å². The summed E-state index contributed by atoms with van der Waals surface area (Å²) in [5, 5.41) is 3.92. The lowest BCUT2D eigenvalue weighted by Gasteiger charge is -2.34. The maximum Gasteiger partial charge on any atom is 0.410 e. The molecule has 2 amide bonds. The Morgan fingerprint density at radius 1 is 1.14 bits per heavy atom. The lowest BCUT2D eigenvalue weighted by Crippen LogP contribution is -2.49. The number of nitrogens with one attached hydrogen (secondary N) is 1. The summed E-state index contributed by atoms with van der Waals surface area (Å²) in [5.41, 5.74) is 0.214. The highest BCUT2D eigenvalue weighted by molar-refractivity contribution is 5.84. The van der Waals surface area contributed by atoms with Crippen LogP contribution in [-0.4, -0.2) is 52.7 Å². The molecule has 1 saturated heterocycles. The molecule has 2 aromatic rings. The van der Waals surface area contributed by atoms with Crippen molar-refractivity contribution in [3.05, 3.63) is 36.3 Å². The molecule has 0 bridgehead atoms. The predicted octanol–water partition coefficient (Wildman–Crippen LogP) is 4.93. The Morgan fingerprint density at radius 2 is 1.83 bits per heavy atom. The summed E-state index contributed by atoms with van der Waals surface area (Å²) in [5.74, 6) is 1.82. The molecule has 5 atom stereocenters. The topological polar surface area (TPSA) is 80.8 Å². The molecule has 0 radical (unpaired) electrons. The van der Waals surface area contributed by atoms with E-state index >= 15 is 0 Å². The van der Waals surface area contributed by atoms with Crippen molar-refractivity contribution >= 4 is 22.9 Å². The van der Waals surface area contributed by atoms with E-state index in [1.54, 1.807) is 23.2 Å². The van der Waals surface area contributed by atoms with Crippen molar-refractivity contribution in [2.24, 2.45) is 23.7 Å². The van der Waals surface area contributed by atoms with Gasteiger partial charge in [0.2, 0.25) is 5.91 Å². The molecule has 0 spiro atoms. The number of ether oxygens (including phenoxy) is 2. The number of benzene rings is 1. The summed E-state index contributed by atoms with van der Waals surface area (Å²) >= 11 is 0. The number of hydrogen-bond donors (Lipinski definition) is 1. The van der Waals surface area contributed by atoms with E-state index in [1.807, 2.05) is 27.7 Å². The highest BCUT2D eigenvalue weighted by atomic mass is 19.1. The van der Waals surface area contributed by atoms with Crippen molar-refractivity contribution in [3.63, 3.8) is 0 Å². The van der Waals surface area contributed by atoms with Crippen molar-refractivity contribution < 1.29 is 23.5 Å². The molecule has 3 fully saturated rings. The van der Waals surface area contributed by atoms with Crippen LogP contribution in [0.5, 0.6) is 5.75 Å². The van der Waals surface area contributed by atoms with Gasteiger partial charge in [-0.25, -0.2) is 9.18 Å². The second-order valence-corrected chi connectivity index (χ2v) is 11.6. The highest BCUT2D eigenvalue weighted by Gasteiger charge is 2.59. The molecule has 1 N–H and O–H groups in total. The summed E-state index contributed by atoms with van der Waals surface area (Å²) in [4.78, 5) is 31.3. The van der Waals surface area contributed by atoms with Crippen LogP contribution in [0.1, 0.15) is 53.4 Å². The molecule has 194 valence electrons. The summed E-state index contributed by atoms with van der Waals surface area (Å²) in [6.07, 6.45) is 4.81. The minimum absolute atomic E-state index is 0.0410. The molecule has 36 heavy (non-hydrogen) atoms. The zero-order valence-corrected chi connectivity index (χ0v) is 21.5. The van der Waals surface area contributed by atoms with Gasteiger partial charge in [-0.2, -0.15) is 0 Å². The van der Waals surface area contributed by atoms with Gasteiger partial charge in [-0.1, -0.05) is 6.92 Å². The second-order valence-electron chi connectivity index (χ2n) is 11.6. The molecular weight excluding hydrogens is 461 g/mol. The fourth-order valence-electron chi connectivity index (χ4n) is 6.10. The van der Waals surface area contributed by atoms with E-state index in [9.17, 15) is 14.0 Å². The maximum atomic E-state index is 13.8. The van der Waals surface area contributed by atoms with E-state index in [0.29, 0.717) is 42.0 Å². The van der Waals surface area contributed by atoms with Gasteiger partial charge >= 0.3 is 6.09 Å². The number of pyridine rings is 1. The van der Waals surface area contributed by atoms with Gasteiger partial charge in [0.05, 0.1) is 11.6 Å². The van der Waals surface area contributed by atoms with Crippen LogP contribution in [0.25, 0.3) is 10.9 Å². The fraction of sp³-hybridized carbons (Fsp3) is 0.607. The Morgan fingerprint density at radius 3 is 2.50 bits per heavy atom. The smallest absolute Gasteiger partial charge is 0.410 e. The SMILES string of the molecule is CC(C(=O)NC1CCN(C(=O)OC(C)(C)C)CC1)C1[C@H]2CC(Oc3ccnc4ccc(F)cc34)C[C@@H]12. The molecule has 1 aliphatic heterocycles. The van der Waals surface area contributed by atoms with Crippen LogP contribution in [0.15, 0.2) is 30.5 Å². The third kappa shape index (κ3) is 5.27. The number of carbonyl (C=O) groups is 2. The first kappa shape index (κ1) is 24.8. The Bertz CT molecular complexity index is 1130. The number of piperidine rings is 1. The van der Waals surface area contributed by atoms with Crippen molar-refractivity contribution in [2.75, 3.05) is 13.1 Å². The number of amides is 2. The van der Waals surface area contributed by atoms with E-state index in [0.717, 1.165) is 31.2 Å². The molecule has 3 unspecified atom stereocenters. The minimum atomic E-state index is -0.506. The van der Waals surface area contributed by atoms with Gasteiger partial charge in [0.1, 0.15) is 17.2 Å². The van der Waals surface area contributed by atoms with Crippen LogP contribution in [-0.2, 0) is 9.53 Å². The number of hydrogen-bond acceptors (Lipinski definition) is 5.